The van der Waals surface area contributed by atoms with Crippen LogP contribution in [-0.2, 0) is 8.85 Å². The van der Waals surface area contributed by atoms with Crippen LogP contribution >= 0.6 is 0 Å². The van der Waals surface area contributed by atoms with Crippen molar-refractivity contribution in [2.75, 3.05) is 13.2 Å². The zero-order chi connectivity index (χ0) is 11.1. The van der Waals surface area contributed by atoms with E-state index in [4.69, 9.17) is 8.85 Å². The van der Waals surface area contributed by atoms with Crippen molar-refractivity contribution >= 4 is 14.5 Å². The van der Waals surface area contributed by atoms with Gasteiger partial charge in [0.05, 0.1) is 0 Å². The minimum Gasteiger partial charge on any atom is -0.508 e. The highest BCUT2D eigenvalue weighted by Crippen LogP contribution is 2.06. The first-order valence-electron chi connectivity index (χ1n) is 5.20. The highest BCUT2D eigenvalue weighted by Gasteiger charge is 2.21. The molecular weight excluding hydrogens is 208 g/mol. The lowest BCUT2D eigenvalue weighted by molar-refractivity contribution is 0.215. The van der Waals surface area contributed by atoms with Gasteiger partial charge in [0.1, 0.15) is 5.75 Å². The third-order valence-electron chi connectivity index (χ3n) is 1.84. The van der Waals surface area contributed by atoms with Gasteiger partial charge in [-0.1, -0.05) is 25.1 Å². The van der Waals surface area contributed by atoms with Crippen molar-refractivity contribution in [3.05, 3.63) is 24.3 Å². The Balaban J connectivity index is 2.74. The number of phenols is 1. The van der Waals surface area contributed by atoms with Gasteiger partial charge < -0.3 is 14.0 Å². The third kappa shape index (κ3) is 3.66. The molecule has 0 spiro atoms. The Morgan fingerprint density at radius 1 is 1.20 bits per heavy atom. The standard InChI is InChI=1S/C11H17O3Si/c1-3-9-14-15(13-4-2)11-8-6-5-7-10(11)12/h5-8,12H,3-4,9H2,1-2H3. The largest absolute Gasteiger partial charge is 0.508 e. The number of phenolic OH excluding ortho intramolecular Hbond substituents is 1. The van der Waals surface area contributed by atoms with Gasteiger partial charge in [-0.15, -0.1) is 0 Å². The molecule has 1 aromatic carbocycles. The molecule has 3 nitrogen and oxygen atoms in total. The lowest BCUT2D eigenvalue weighted by Gasteiger charge is -2.14. The average molecular weight is 225 g/mol. The molecule has 0 aliphatic heterocycles. The van der Waals surface area contributed by atoms with Crippen LogP contribution in [0, 0.1) is 0 Å². The van der Waals surface area contributed by atoms with Crippen LogP contribution in [-0.4, -0.2) is 27.6 Å². The van der Waals surface area contributed by atoms with Crippen molar-refractivity contribution in [2.24, 2.45) is 0 Å². The van der Waals surface area contributed by atoms with Crippen LogP contribution in [0.1, 0.15) is 20.3 Å². The van der Waals surface area contributed by atoms with Crippen LogP contribution in [0.2, 0.25) is 0 Å². The van der Waals surface area contributed by atoms with Gasteiger partial charge in [0.25, 0.3) is 0 Å². The lowest BCUT2D eigenvalue weighted by atomic mass is 10.3. The predicted octanol–water partition coefficient (Wildman–Crippen LogP) is 1.55. The Hall–Kier alpha value is -0.843. The third-order valence-corrected chi connectivity index (χ3v) is 3.72. The van der Waals surface area contributed by atoms with Gasteiger partial charge in [-0.2, -0.15) is 0 Å². The Morgan fingerprint density at radius 3 is 2.53 bits per heavy atom. The summed E-state index contributed by atoms with van der Waals surface area (Å²) in [6.45, 7) is 5.26. The molecule has 1 radical (unpaired) electrons. The molecule has 0 aromatic heterocycles. The quantitative estimate of drug-likeness (QED) is 0.747. The minimum atomic E-state index is -1.52. The lowest BCUT2D eigenvalue weighted by Crippen LogP contribution is -2.37. The first-order chi connectivity index (χ1) is 7.29. The number of benzene rings is 1. The van der Waals surface area contributed by atoms with Crippen molar-refractivity contribution < 1.29 is 14.0 Å². The molecule has 83 valence electrons. The first-order valence-corrected chi connectivity index (χ1v) is 6.52. The van der Waals surface area contributed by atoms with Crippen LogP contribution < -0.4 is 5.19 Å². The van der Waals surface area contributed by atoms with E-state index in [1.54, 1.807) is 12.1 Å². The fourth-order valence-corrected chi connectivity index (χ4v) is 2.74. The maximum atomic E-state index is 9.67. The van der Waals surface area contributed by atoms with Gasteiger partial charge in [-0.3, -0.25) is 0 Å². The van der Waals surface area contributed by atoms with Crippen LogP contribution in [0.4, 0.5) is 0 Å². The highest BCUT2D eigenvalue weighted by molar-refractivity contribution is 6.62. The van der Waals surface area contributed by atoms with Crippen LogP contribution in [0.5, 0.6) is 5.75 Å². The minimum absolute atomic E-state index is 0.260. The van der Waals surface area contributed by atoms with E-state index in [9.17, 15) is 5.11 Å². The van der Waals surface area contributed by atoms with E-state index in [1.165, 1.54) is 0 Å². The molecule has 0 unspecified atom stereocenters. The molecule has 0 aliphatic carbocycles. The molecule has 0 saturated heterocycles. The van der Waals surface area contributed by atoms with Crippen molar-refractivity contribution in [1.82, 2.24) is 0 Å². The van der Waals surface area contributed by atoms with E-state index in [0.717, 1.165) is 11.6 Å². The summed E-state index contributed by atoms with van der Waals surface area (Å²) < 4.78 is 11.1. The smallest absolute Gasteiger partial charge is 0.427 e. The zero-order valence-electron chi connectivity index (χ0n) is 9.19. The molecule has 0 bridgehead atoms. The molecule has 15 heavy (non-hydrogen) atoms. The summed E-state index contributed by atoms with van der Waals surface area (Å²) in [6.07, 6.45) is 0.953. The summed E-state index contributed by atoms with van der Waals surface area (Å²) in [7, 11) is -1.52. The van der Waals surface area contributed by atoms with Gasteiger partial charge in [-0.25, -0.2) is 0 Å². The van der Waals surface area contributed by atoms with E-state index in [-0.39, 0.29) is 5.75 Å². The summed E-state index contributed by atoms with van der Waals surface area (Å²) in [4.78, 5) is 0. The molecule has 0 aliphatic rings. The summed E-state index contributed by atoms with van der Waals surface area (Å²) in [6, 6.07) is 7.20. The van der Waals surface area contributed by atoms with Gasteiger partial charge >= 0.3 is 9.28 Å². The van der Waals surface area contributed by atoms with Crippen LogP contribution in [0.15, 0.2) is 24.3 Å². The molecule has 0 saturated carbocycles. The fourth-order valence-electron chi connectivity index (χ4n) is 1.17. The highest BCUT2D eigenvalue weighted by atomic mass is 28.3. The maximum Gasteiger partial charge on any atom is 0.427 e. The second kappa shape index (κ2) is 6.61. The number of rotatable bonds is 6. The van der Waals surface area contributed by atoms with Crippen molar-refractivity contribution in [1.29, 1.82) is 0 Å². The molecule has 0 amide bonds. The second-order valence-corrected chi connectivity index (χ2v) is 4.78. The van der Waals surface area contributed by atoms with E-state index in [0.29, 0.717) is 13.2 Å². The van der Waals surface area contributed by atoms with Gasteiger partial charge in [0.2, 0.25) is 0 Å². The molecule has 1 N–H and O–H groups in total. The first kappa shape index (κ1) is 12.2. The topological polar surface area (TPSA) is 38.7 Å². The van der Waals surface area contributed by atoms with Crippen LogP contribution in [0.3, 0.4) is 0 Å². The number of aromatic hydroxyl groups is 1. The summed E-state index contributed by atoms with van der Waals surface area (Å²) in [5.41, 5.74) is 0. The number of hydrogen-bond acceptors (Lipinski definition) is 3. The number of hydrogen-bond donors (Lipinski definition) is 1. The van der Waals surface area contributed by atoms with Crippen molar-refractivity contribution in [3.63, 3.8) is 0 Å². The van der Waals surface area contributed by atoms with Gasteiger partial charge in [-0.05, 0) is 19.4 Å². The molecule has 0 heterocycles. The van der Waals surface area contributed by atoms with E-state index in [2.05, 4.69) is 6.92 Å². The molecular formula is C11H17O3Si. The Kier molecular flexibility index (Phi) is 5.38. The molecule has 0 atom stereocenters. The molecule has 1 aromatic rings. The van der Waals surface area contributed by atoms with Crippen molar-refractivity contribution in [2.45, 2.75) is 20.3 Å². The molecule has 0 fully saturated rings. The van der Waals surface area contributed by atoms with Crippen molar-refractivity contribution in [3.8, 4) is 5.75 Å². The van der Waals surface area contributed by atoms with Gasteiger partial charge in [0, 0.05) is 18.4 Å². The summed E-state index contributed by atoms with van der Waals surface area (Å²) >= 11 is 0. The second-order valence-electron chi connectivity index (χ2n) is 3.09. The van der Waals surface area contributed by atoms with E-state index in [1.807, 2.05) is 19.1 Å². The fraction of sp³-hybridized carbons (Fsp3) is 0.455. The van der Waals surface area contributed by atoms with Crippen LogP contribution in [0.25, 0.3) is 0 Å². The number of para-hydroxylation sites is 1. The van der Waals surface area contributed by atoms with E-state index < -0.39 is 9.28 Å². The SMILES string of the molecule is CCCO[Si](OCC)c1ccccc1O. The maximum absolute atomic E-state index is 9.67. The zero-order valence-corrected chi connectivity index (χ0v) is 10.2. The molecule has 4 heteroatoms. The summed E-state index contributed by atoms with van der Waals surface area (Å²) in [5.74, 6) is 0.260. The Morgan fingerprint density at radius 2 is 1.93 bits per heavy atom. The summed E-state index contributed by atoms with van der Waals surface area (Å²) in [5, 5.41) is 10.5. The average Bonchev–Trinajstić information content (AvgIpc) is 2.25. The Bertz CT molecular complexity index is 291. The normalized spacial score (nSPS) is 10.9. The van der Waals surface area contributed by atoms with Gasteiger partial charge in [0.15, 0.2) is 0 Å². The molecule has 1 rings (SSSR count). The Labute approximate surface area is 92.5 Å². The predicted molar refractivity (Wildman–Crippen MR) is 61.4 cm³/mol. The van der Waals surface area contributed by atoms with E-state index >= 15 is 0 Å². The monoisotopic (exact) mass is 225 g/mol.